The standard InChI is InChI=1S/C28H29F2N7O2/c1-4-17-13-18(5-6-19(17)27(38)36-28(9-10-28)15-34-16(2)31)35-25-26-33-14-21(37(26)12-11-32-25)20-7-8-22(39-3)24(30)23(20)29/h5-8,11-14H,4,9-10,15H2,1-3H3,(H2,31,34)(H,32,35)(H,36,38). The molecule has 2 aromatic carbocycles. The molecule has 4 aromatic rings. The summed E-state index contributed by atoms with van der Waals surface area (Å²) in [5, 5.41) is 6.37. The molecule has 9 nitrogen and oxygen atoms in total. The van der Waals surface area contributed by atoms with E-state index in [-0.39, 0.29) is 22.8 Å². The van der Waals surface area contributed by atoms with E-state index in [9.17, 15) is 13.6 Å². The molecule has 1 saturated carbocycles. The highest BCUT2D eigenvalue weighted by Crippen LogP contribution is 2.36. The van der Waals surface area contributed by atoms with Crippen LogP contribution in [-0.4, -0.2) is 45.3 Å². The van der Waals surface area contributed by atoms with E-state index in [0.29, 0.717) is 47.2 Å². The Labute approximate surface area is 224 Å². The number of aromatic nitrogens is 3. The lowest BCUT2D eigenvalue weighted by atomic mass is 10.0. The molecule has 0 spiro atoms. The lowest BCUT2D eigenvalue weighted by Gasteiger charge is -2.17. The normalized spacial score (nSPS) is 14.3. The molecule has 39 heavy (non-hydrogen) atoms. The topological polar surface area (TPSA) is 119 Å². The molecular weight excluding hydrogens is 504 g/mol. The molecular formula is C28H29F2N7O2. The van der Waals surface area contributed by atoms with Gasteiger partial charge in [0.15, 0.2) is 23.0 Å². The van der Waals surface area contributed by atoms with Gasteiger partial charge in [0.25, 0.3) is 5.91 Å². The van der Waals surface area contributed by atoms with Crippen LogP contribution in [0.15, 0.2) is 53.9 Å². The third-order valence-corrected chi connectivity index (χ3v) is 6.83. The van der Waals surface area contributed by atoms with E-state index in [1.165, 1.54) is 25.4 Å². The van der Waals surface area contributed by atoms with Crippen molar-refractivity contribution < 1.29 is 18.3 Å². The number of amidine groups is 1. The summed E-state index contributed by atoms with van der Waals surface area (Å²) >= 11 is 0. The van der Waals surface area contributed by atoms with Gasteiger partial charge in [0.1, 0.15) is 0 Å². The van der Waals surface area contributed by atoms with E-state index in [0.717, 1.165) is 18.4 Å². The summed E-state index contributed by atoms with van der Waals surface area (Å²) in [7, 11) is 1.28. The van der Waals surface area contributed by atoms with Crippen molar-refractivity contribution in [3.05, 3.63) is 71.7 Å². The number of carbonyl (C=O) groups excluding carboxylic acids is 1. The molecule has 0 atom stereocenters. The highest BCUT2D eigenvalue weighted by molar-refractivity contribution is 5.97. The van der Waals surface area contributed by atoms with Crippen molar-refractivity contribution in [3.8, 4) is 17.0 Å². The summed E-state index contributed by atoms with van der Waals surface area (Å²) in [4.78, 5) is 26.2. The third kappa shape index (κ3) is 5.12. The smallest absolute Gasteiger partial charge is 0.252 e. The molecule has 1 aliphatic carbocycles. The minimum Gasteiger partial charge on any atom is -0.494 e. The van der Waals surface area contributed by atoms with Gasteiger partial charge in [0.05, 0.1) is 36.9 Å². The second-order valence-corrected chi connectivity index (χ2v) is 9.60. The third-order valence-electron chi connectivity index (χ3n) is 6.83. The number of anilines is 2. The predicted molar refractivity (Wildman–Crippen MR) is 146 cm³/mol. The van der Waals surface area contributed by atoms with Crippen molar-refractivity contribution in [2.24, 2.45) is 10.7 Å². The number of hydrogen-bond donors (Lipinski definition) is 3. The van der Waals surface area contributed by atoms with E-state index in [4.69, 9.17) is 10.5 Å². The maximum absolute atomic E-state index is 14.8. The summed E-state index contributed by atoms with van der Waals surface area (Å²) in [6.45, 7) is 4.18. The minimum atomic E-state index is -1.07. The predicted octanol–water partition coefficient (Wildman–Crippen LogP) is 4.63. The monoisotopic (exact) mass is 533 g/mol. The molecule has 4 N–H and O–H groups in total. The molecule has 11 heteroatoms. The van der Waals surface area contributed by atoms with Gasteiger partial charge in [-0.3, -0.25) is 14.2 Å². The van der Waals surface area contributed by atoms with E-state index in [1.54, 1.807) is 35.9 Å². The Morgan fingerprint density at radius 2 is 2.00 bits per heavy atom. The lowest BCUT2D eigenvalue weighted by Crippen LogP contribution is -2.40. The van der Waals surface area contributed by atoms with Gasteiger partial charge in [-0.15, -0.1) is 0 Å². The first-order valence-electron chi connectivity index (χ1n) is 12.6. The van der Waals surface area contributed by atoms with Crippen LogP contribution in [0.1, 0.15) is 42.6 Å². The van der Waals surface area contributed by atoms with Gasteiger partial charge in [-0.25, -0.2) is 14.4 Å². The summed E-state index contributed by atoms with van der Waals surface area (Å²) in [5.41, 5.74) is 8.33. The Morgan fingerprint density at radius 1 is 1.21 bits per heavy atom. The Balaban J connectivity index is 1.40. The van der Waals surface area contributed by atoms with E-state index < -0.39 is 11.6 Å². The molecule has 202 valence electrons. The van der Waals surface area contributed by atoms with Crippen LogP contribution in [0.4, 0.5) is 20.3 Å². The summed E-state index contributed by atoms with van der Waals surface area (Å²) < 4.78 is 35.6. The first-order chi connectivity index (χ1) is 18.7. The van der Waals surface area contributed by atoms with E-state index in [2.05, 4.69) is 25.6 Å². The van der Waals surface area contributed by atoms with Gasteiger partial charge in [-0.05, 0) is 62.1 Å². The summed E-state index contributed by atoms with van der Waals surface area (Å²) in [6, 6.07) is 8.28. The molecule has 0 radical (unpaired) electrons. The number of amides is 1. The van der Waals surface area contributed by atoms with Crippen LogP contribution >= 0.6 is 0 Å². The van der Waals surface area contributed by atoms with Gasteiger partial charge in [-0.2, -0.15) is 4.39 Å². The molecule has 1 amide bonds. The number of hydrogen-bond acceptors (Lipinski definition) is 6. The van der Waals surface area contributed by atoms with E-state index >= 15 is 0 Å². The van der Waals surface area contributed by atoms with Crippen LogP contribution in [0.3, 0.4) is 0 Å². The van der Waals surface area contributed by atoms with Crippen molar-refractivity contribution in [1.82, 2.24) is 19.7 Å². The number of ether oxygens (including phenoxy) is 1. The number of aryl methyl sites for hydroxylation is 1. The molecule has 0 aliphatic heterocycles. The molecule has 0 bridgehead atoms. The van der Waals surface area contributed by atoms with Crippen molar-refractivity contribution in [1.29, 1.82) is 0 Å². The van der Waals surface area contributed by atoms with Crippen molar-refractivity contribution >= 4 is 28.9 Å². The van der Waals surface area contributed by atoms with Crippen LogP contribution in [-0.2, 0) is 6.42 Å². The maximum Gasteiger partial charge on any atom is 0.252 e. The number of nitrogens with one attached hydrogen (secondary N) is 2. The Bertz CT molecular complexity index is 1590. The molecule has 1 fully saturated rings. The number of halogens is 2. The van der Waals surface area contributed by atoms with Gasteiger partial charge in [0.2, 0.25) is 5.82 Å². The SMILES string of the molecule is CCc1cc(Nc2nccn3c(-c4ccc(OC)c(F)c4F)cnc23)ccc1C(=O)NC1(CN=C(C)N)CC1. The van der Waals surface area contributed by atoms with Crippen LogP contribution < -0.4 is 21.1 Å². The zero-order chi connectivity index (χ0) is 27.7. The maximum atomic E-state index is 14.8. The highest BCUT2D eigenvalue weighted by atomic mass is 19.2. The second-order valence-electron chi connectivity index (χ2n) is 9.60. The van der Waals surface area contributed by atoms with Crippen LogP contribution in [0.2, 0.25) is 0 Å². The lowest BCUT2D eigenvalue weighted by molar-refractivity contribution is 0.0932. The summed E-state index contributed by atoms with van der Waals surface area (Å²) in [6.07, 6.45) is 7.00. The van der Waals surface area contributed by atoms with Crippen LogP contribution in [0.25, 0.3) is 16.9 Å². The Kier molecular flexibility index (Phi) is 6.90. The average molecular weight is 534 g/mol. The van der Waals surface area contributed by atoms with Gasteiger partial charge in [-0.1, -0.05) is 6.92 Å². The number of carbonyl (C=O) groups is 1. The zero-order valence-corrected chi connectivity index (χ0v) is 21.9. The highest BCUT2D eigenvalue weighted by Gasteiger charge is 2.44. The van der Waals surface area contributed by atoms with Crippen molar-refractivity contribution in [2.45, 2.75) is 38.6 Å². The zero-order valence-electron chi connectivity index (χ0n) is 21.9. The first kappa shape index (κ1) is 26.1. The number of nitrogens with two attached hydrogens (primary N) is 1. The molecule has 2 aromatic heterocycles. The number of imidazole rings is 1. The first-order valence-corrected chi connectivity index (χ1v) is 12.6. The van der Waals surface area contributed by atoms with Crippen LogP contribution in [0.5, 0.6) is 5.75 Å². The van der Waals surface area contributed by atoms with E-state index in [1.807, 2.05) is 13.0 Å². The van der Waals surface area contributed by atoms with Gasteiger partial charge in [0, 0.05) is 29.2 Å². The largest absolute Gasteiger partial charge is 0.494 e. The fourth-order valence-electron chi connectivity index (χ4n) is 4.47. The van der Waals surface area contributed by atoms with Crippen LogP contribution in [0, 0.1) is 11.6 Å². The Morgan fingerprint density at radius 3 is 2.69 bits per heavy atom. The summed E-state index contributed by atoms with van der Waals surface area (Å²) in [5.74, 6) is -1.50. The van der Waals surface area contributed by atoms with Crippen molar-refractivity contribution in [2.75, 3.05) is 19.0 Å². The second kappa shape index (κ2) is 10.3. The molecule has 5 rings (SSSR count). The minimum absolute atomic E-state index is 0.0438. The number of nitrogens with zero attached hydrogens (tertiary/aromatic N) is 4. The van der Waals surface area contributed by atoms with Crippen molar-refractivity contribution in [3.63, 3.8) is 0 Å². The quantitative estimate of drug-likeness (QED) is 0.213. The number of methoxy groups -OCH3 is 1. The molecule has 2 heterocycles. The Hall–Kier alpha value is -4.54. The molecule has 0 saturated heterocycles. The fourth-order valence-corrected chi connectivity index (χ4v) is 4.47. The average Bonchev–Trinajstić information content (AvgIpc) is 3.56. The molecule has 1 aliphatic rings. The number of aliphatic imine (C=N–C) groups is 1. The number of benzene rings is 2. The fraction of sp³-hybridized carbons (Fsp3) is 0.286. The number of rotatable bonds is 9. The van der Waals surface area contributed by atoms with Gasteiger partial charge < -0.3 is 21.1 Å². The number of fused-ring (bicyclic) bond motifs is 1. The molecule has 0 unspecified atom stereocenters. The van der Waals surface area contributed by atoms with Gasteiger partial charge >= 0.3 is 0 Å².